The van der Waals surface area contributed by atoms with Gasteiger partial charge in [0.1, 0.15) is 16.8 Å². The average Bonchev–Trinajstić information content (AvgIpc) is 2.40. The molecule has 1 amide bonds. The monoisotopic (exact) mass is 296 g/mol. The number of anilines is 1. The van der Waals surface area contributed by atoms with Crippen molar-refractivity contribution in [1.29, 1.82) is 0 Å². The third kappa shape index (κ3) is 3.39. The largest absolute Gasteiger partial charge is 0.365 e. The molecule has 1 saturated heterocycles. The van der Waals surface area contributed by atoms with Crippen LogP contribution in [0.15, 0.2) is 0 Å². The predicted octanol–water partition coefficient (Wildman–Crippen LogP) is 2.42. The van der Waals surface area contributed by atoms with Crippen molar-refractivity contribution in [3.05, 3.63) is 16.5 Å². The van der Waals surface area contributed by atoms with Crippen molar-refractivity contribution in [1.82, 2.24) is 14.9 Å². The second-order valence-corrected chi connectivity index (χ2v) is 5.67. The number of hydrogen-bond donors (Lipinski definition) is 1. The Balaban J connectivity index is 2.14. The maximum absolute atomic E-state index is 11.5. The standard InChI is InChI=1S/C14H21ClN4O/c1-4-5-11-17-13(15)9(2)14(18-11)16-10-6-7-12(20)19(3)8-10/h10H,4-8H2,1-3H3,(H,16,17,18). The Hall–Kier alpha value is -1.36. The van der Waals surface area contributed by atoms with Crippen molar-refractivity contribution in [2.45, 2.75) is 45.6 Å². The van der Waals surface area contributed by atoms with Gasteiger partial charge in [-0.2, -0.15) is 0 Å². The Morgan fingerprint density at radius 1 is 1.45 bits per heavy atom. The lowest BCUT2D eigenvalue weighted by molar-refractivity contribution is -0.132. The summed E-state index contributed by atoms with van der Waals surface area (Å²) in [5, 5.41) is 3.92. The van der Waals surface area contributed by atoms with Crippen LogP contribution in [0.5, 0.6) is 0 Å². The van der Waals surface area contributed by atoms with Gasteiger partial charge >= 0.3 is 0 Å². The summed E-state index contributed by atoms with van der Waals surface area (Å²) in [5.74, 6) is 1.76. The number of likely N-dealkylation sites (tertiary alicyclic amines) is 1. The van der Waals surface area contributed by atoms with Gasteiger partial charge in [-0.1, -0.05) is 18.5 Å². The lowest BCUT2D eigenvalue weighted by atomic mass is 10.1. The minimum absolute atomic E-state index is 0.201. The summed E-state index contributed by atoms with van der Waals surface area (Å²) in [4.78, 5) is 22.1. The van der Waals surface area contributed by atoms with Crippen LogP contribution in [0.1, 0.15) is 37.6 Å². The van der Waals surface area contributed by atoms with Crippen LogP contribution in [0, 0.1) is 6.92 Å². The van der Waals surface area contributed by atoms with E-state index < -0.39 is 0 Å². The number of nitrogens with one attached hydrogen (secondary N) is 1. The van der Waals surface area contributed by atoms with Crippen LogP contribution in [0.3, 0.4) is 0 Å². The van der Waals surface area contributed by atoms with Crippen LogP contribution in [0.25, 0.3) is 0 Å². The van der Waals surface area contributed by atoms with Crippen LogP contribution in [-0.4, -0.2) is 40.4 Å². The normalized spacial score (nSPS) is 19.3. The highest BCUT2D eigenvalue weighted by atomic mass is 35.5. The zero-order valence-corrected chi connectivity index (χ0v) is 13.0. The number of piperidine rings is 1. The Kier molecular flexibility index (Phi) is 4.81. The van der Waals surface area contributed by atoms with E-state index in [4.69, 9.17) is 11.6 Å². The molecule has 2 heterocycles. The van der Waals surface area contributed by atoms with E-state index in [1.54, 1.807) is 4.90 Å². The van der Waals surface area contributed by atoms with E-state index >= 15 is 0 Å². The molecule has 1 aromatic rings. The highest BCUT2D eigenvalue weighted by Crippen LogP contribution is 2.23. The van der Waals surface area contributed by atoms with Crippen LogP contribution in [0.2, 0.25) is 5.15 Å². The molecule has 2 rings (SSSR count). The number of amides is 1. The smallest absolute Gasteiger partial charge is 0.222 e. The molecule has 0 spiro atoms. The molecule has 20 heavy (non-hydrogen) atoms. The van der Waals surface area contributed by atoms with E-state index in [1.807, 2.05) is 14.0 Å². The summed E-state index contributed by atoms with van der Waals surface area (Å²) in [6.07, 6.45) is 3.21. The molecular formula is C14H21ClN4O. The first-order valence-electron chi connectivity index (χ1n) is 7.04. The Morgan fingerprint density at radius 2 is 2.20 bits per heavy atom. The fourth-order valence-corrected chi connectivity index (χ4v) is 2.52. The molecule has 0 aromatic carbocycles. The van der Waals surface area contributed by atoms with Gasteiger partial charge in [0.15, 0.2) is 0 Å². The summed E-state index contributed by atoms with van der Waals surface area (Å²) >= 11 is 6.17. The van der Waals surface area contributed by atoms with Gasteiger partial charge in [0, 0.05) is 38.0 Å². The molecule has 6 heteroatoms. The maximum Gasteiger partial charge on any atom is 0.222 e. The summed E-state index contributed by atoms with van der Waals surface area (Å²) < 4.78 is 0. The second-order valence-electron chi connectivity index (χ2n) is 5.31. The SMILES string of the molecule is CCCc1nc(Cl)c(C)c(NC2CCC(=O)N(C)C2)n1. The molecule has 110 valence electrons. The minimum Gasteiger partial charge on any atom is -0.365 e. The number of hydrogen-bond acceptors (Lipinski definition) is 4. The molecular weight excluding hydrogens is 276 g/mol. The molecule has 1 atom stereocenters. The van der Waals surface area contributed by atoms with Gasteiger partial charge in [0.25, 0.3) is 0 Å². The summed E-state index contributed by atoms with van der Waals surface area (Å²) in [6, 6.07) is 0.219. The van der Waals surface area contributed by atoms with E-state index in [1.165, 1.54) is 0 Å². The molecule has 0 radical (unpaired) electrons. The molecule has 1 aliphatic heterocycles. The van der Waals surface area contributed by atoms with Crippen LogP contribution >= 0.6 is 11.6 Å². The van der Waals surface area contributed by atoms with Gasteiger partial charge in [-0.05, 0) is 19.8 Å². The Bertz CT molecular complexity index is 506. The Morgan fingerprint density at radius 3 is 2.85 bits per heavy atom. The van der Waals surface area contributed by atoms with Gasteiger partial charge in [-0.25, -0.2) is 9.97 Å². The summed E-state index contributed by atoms with van der Waals surface area (Å²) in [7, 11) is 1.83. The van der Waals surface area contributed by atoms with Crippen molar-refractivity contribution >= 4 is 23.3 Å². The fourth-order valence-electron chi connectivity index (χ4n) is 2.33. The molecule has 1 unspecified atom stereocenters. The van der Waals surface area contributed by atoms with E-state index in [0.717, 1.165) is 36.5 Å². The van der Waals surface area contributed by atoms with Gasteiger partial charge in [-0.15, -0.1) is 0 Å². The Labute approximate surface area is 124 Å². The van der Waals surface area contributed by atoms with E-state index in [9.17, 15) is 4.79 Å². The molecule has 0 aliphatic carbocycles. The van der Waals surface area contributed by atoms with E-state index in [0.29, 0.717) is 18.1 Å². The highest BCUT2D eigenvalue weighted by molar-refractivity contribution is 6.30. The van der Waals surface area contributed by atoms with Crippen molar-refractivity contribution < 1.29 is 4.79 Å². The second kappa shape index (κ2) is 6.39. The zero-order valence-electron chi connectivity index (χ0n) is 12.2. The predicted molar refractivity (Wildman–Crippen MR) is 80.1 cm³/mol. The highest BCUT2D eigenvalue weighted by Gasteiger charge is 2.23. The van der Waals surface area contributed by atoms with Crippen molar-refractivity contribution in [3.63, 3.8) is 0 Å². The number of nitrogens with zero attached hydrogens (tertiary/aromatic N) is 3. The first-order chi connectivity index (χ1) is 9.51. The molecule has 1 aliphatic rings. The number of rotatable bonds is 4. The average molecular weight is 297 g/mol. The summed E-state index contributed by atoms with van der Waals surface area (Å²) in [6.45, 7) is 4.70. The maximum atomic E-state index is 11.5. The third-order valence-electron chi connectivity index (χ3n) is 3.57. The lowest BCUT2D eigenvalue weighted by Crippen LogP contribution is -2.43. The first kappa shape index (κ1) is 15.0. The topological polar surface area (TPSA) is 58.1 Å². The van der Waals surface area contributed by atoms with Crippen molar-refractivity contribution in [3.8, 4) is 0 Å². The molecule has 1 N–H and O–H groups in total. The molecule has 1 fully saturated rings. The minimum atomic E-state index is 0.201. The number of carbonyl (C=O) groups is 1. The van der Waals surface area contributed by atoms with Gasteiger partial charge in [0.05, 0.1) is 0 Å². The summed E-state index contributed by atoms with van der Waals surface area (Å²) in [5.41, 5.74) is 0.867. The van der Waals surface area contributed by atoms with Gasteiger partial charge in [0.2, 0.25) is 5.91 Å². The number of carbonyl (C=O) groups excluding carboxylic acids is 1. The molecule has 1 aromatic heterocycles. The van der Waals surface area contributed by atoms with Crippen molar-refractivity contribution in [2.75, 3.05) is 18.9 Å². The van der Waals surface area contributed by atoms with Gasteiger partial charge in [-0.3, -0.25) is 4.79 Å². The quantitative estimate of drug-likeness (QED) is 0.867. The van der Waals surface area contributed by atoms with Gasteiger partial charge < -0.3 is 10.2 Å². The molecule has 5 nitrogen and oxygen atoms in total. The molecule has 0 bridgehead atoms. The molecule has 0 saturated carbocycles. The fraction of sp³-hybridized carbons (Fsp3) is 0.643. The number of aromatic nitrogens is 2. The third-order valence-corrected chi connectivity index (χ3v) is 3.94. The first-order valence-corrected chi connectivity index (χ1v) is 7.42. The van der Waals surface area contributed by atoms with E-state index in [-0.39, 0.29) is 11.9 Å². The van der Waals surface area contributed by atoms with Crippen LogP contribution < -0.4 is 5.32 Å². The lowest BCUT2D eigenvalue weighted by Gasteiger charge is -2.31. The van der Waals surface area contributed by atoms with Crippen LogP contribution in [0.4, 0.5) is 5.82 Å². The van der Waals surface area contributed by atoms with E-state index in [2.05, 4.69) is 22.2 Å². The number of halogens is 1. The number of likely N-dealkylation sites (N-methyl/N-ethyl adjacent to an activating group) is 1. The zero-order chi connectivity index (χ0) is 14.7. The van der Waals surface area contributed by atoms with Crippen molar-refractivity contribution in [2.24, 2.45) is 0 Å². The van der Waals surface area contributed by atoms with Crippen LogP contribution in [-0.2, 0) is 11.2 Å². The number of aryl methyl sites for hydroxylation is 1.